The van der Waals surface area contributed by atoms with Gasteiger partial charge < -0.3 is 0 Å². The van der Waals surface area contributed by atoms with Crippen LogP contribution in [0.25, 0.3) is 9.65 Å². The molecule has 0 aliphatic carbocycles. The van der Waals surface area contributed by atoms with E-state index in [-0.39, 0.29) is 31.4 Å². The van der Waals surface area contributed by atoms with Crippen LogP contribution >= 0.6 is 12.6 Å². The van der Waals surface area contributed by atoms with Crippen molar-refractivity contribution < 1.29 is 4.79 Å². The molecule has 0 aliphatic rings. The zero-order valence-corrected chi connectivity index (χ0v) is 11.3. The number of hydrogen-bond donors (Lipinski definition) is 1. The predicted molar refractivity (Wildman–Crippen MR) is 68.5 cm³/mol. The Bertz CT molecular complexity index is 587. The van der Waals surface area contributed by atoms with Crippen LogP contribution in [0, 0.1) is 0 Å². The first-order chi connectivity index (χ1) is 7.65. The number of nitrogens with zero attached hydrogens (tertiary/aromatic N) is 1. The van der Waals surface area contributed by atoms with Crippen molar-refractivity contribution >= 4 is 42.1 Å². The van der Waals surface area contributed by atoms with Crippen molar-refractivity contribution in [3.8, 4) is 0 Å². The van der Waals surface area contributed by atoms with Gasteiger partial charge in [0.25, 0.3) is 0 Å². The summed E-state index contributed by atoms with van der Waals surface area (Å²) >= 11 is 3.75. The number of benzene rings is 1. The second kappa shape index (κ2) is 4.62. The zero-order chi connectivity index (χ0) is 11.7. The first kappa shape index (κ1) is 11.7. The molecule has 0 aliphatic heterocycles. The van der Waals surface area contributed by atoms with Crippen LogP contribution in [0.4, 0.5) is 0 Å². The molecule has 84 valence electrons. The molecule has 0 saturated carbocycles. The van der Waals surface area contributed by atoms with Crippen molar-refractivity contribution in [2.45, 2.75) is 19.4 Å². The topological polar surface area (TPSA) is 39.1 Å². The molecule has 0 saturated heterocycles. The van der Waals surface area contributed by atoms with Gasteiger partial charge in [0.2, 0.25) is 0 Å². The average Bonchev–Trinajstić information content (AvgIpc) is 2.58. The van der Waals surface area contributed by atoms with E-state index in [9.17, 15) is 9.59 Å². The van der Waals surface area contributed by atoms with E-state index < -0.39 is 0 Å². The molecule has 0 spiro atoms. The average molecular weight is 300 g/mol. The van der Waals surface area contributed by atoms with Crippen LogP contribution in [0.3, 0.4) is 0 Å². The van der Waals surface area contributed by atoms with Crippen molar-refractivity contribution in [2.75, 3.05) is 0 Å². The zero-order valence-electron chi connectivity index (χ0n) is 8.71. The molecule has 3 nitrogen and oxygen atoms in total. The summed E-state index contributed by atoms with van der Waals surface area (Å²) in [6.45, 7) is 1.89. The van der Waals surface area contributed by atoms with Crippen LogP contribution < -0.4 is 5.56 Å². The van der Waals surface area contributed by atoms with E-state index in [0.717, 1.165) is 9.65 Å². The molecule has 16 heavy (non-hydrogen) atoms. The maximum atomic E-state index is 12.1. The molecule has 0 bridgehead atoms. The van der Waals surface area contributed by atoms with Crippen molar-refractivity contribution in [3.63, 3.8) is 0 Å². The van der Waals surface area contributed by atoms with Crippen molar-refractivity contribution in [1.82, 2.24) is 3.56 Å². The summed E-state index contributed by atoms with van der Waals surface area (Å²) in [7, 11) is 0. The van der Waals surface area contributed by atoms with Crippen LogP contribution in [0.5, 0.6) is 0 Å². The monoisotopic (exact) mass is 301 g/mol. The fourth-order valence-corrected chi connectivity index (χ4v) is 4.54. The third-order valence-corrected chi connectivity index (χ3v) is 5.22. The Morgan fingerprint density at radius 3 is 2.75 bits per heavy atom. The van der Waals surface area contributed by atoms with E-state index in [1.165, 1.54) is 0 Å². The summed E-state index contributed by atoms with van der Waals surface area (Å²) in [6.07, 6.45) is 0.615. The SMILES string of the molecule is CCC(C(=O)S)n1[se]c2ccccc2c1=O. The number of fused-ring (bicyclic) bond motifs is 1. The second-order valence-corrected chi connectivity index (χ2v) is 6.05. The third-order valence-electron chi connectivity index (χ3n) is 2.47. The molecular weight excluding hydrogens is 289 g/mol. The van der Waals surface area contributed by atoms with Gasteiger partial charge in [-0.1, -0.05) is 0 Å². The van der Waals surface area contributed by atoms with E-state index in [1.807, 2.05) is 31.2 Å². The molecular formula is C11H11NO2SSe. The molecule has 5 heteroatoms. The molecule has 1 heterocycles. The number of carbonyl (C=O) groups is 1. The first-order valence-electron chi connectivity index (χ1n) is 4.98. The molecule has 1 aromatic heterocycles. The minimum atomic E-state index is -0.386. The Labute approximate surface area is 104 Å². The third kappa shape index (κ3) is 1.90. The Kier molecular flexibility index (Phi) is 3.38. The van der Waals surface area contributed by atoms with E-state index in [1.54, 1.807) is 3.56 Å². The standard InChI is InChI=1S/C11H11NO2SSe/c1-2-8(11(14)15)12-10(13)7-5-3-4-6-9(7)16-12/h3-6,8H,2H2,1H3,(H,14,15). The molecule has 2 aromatic rings. The number of hydrogen-bond acceptors (Lipinski definition) is 2. The molecule has 1 atom stereocenters. The van der Waals surface area contributed by atoms with Gasteiger partial charge in [0.05, 0.1) is 0 Å². The van der Waals surface area contributed by atoms with Gasteiger partial charge >= 0.3 is 104 Å². The Hall–Kier alpha value is -0.771. The second-order valence-electron chi connectivity index (χ2n) is 3.48. The number of thiol groups is 1. The quantitative estimate of drug-likeness (QED) is 0.688. The summed E-state index contributed by atoms with van der Waals surface area (Å²) in [5.74, 6) is 0. The van der Waals surface area contributed by atoms with Crippen molar-refractivity contribution in [3.05, 3.63) is 34.6 Å². The van der Waals surface area contributed by atoms with Crippen LogP contribution in [-0.4, -0.2) is 23.4 Å². The van der Waals surface area contributed by atoms with E-state index in [0.29, 0.717) is 6.42 Å². The molecule has 0 amide bonds. The molecule has 0 radical (unpaired) electrons. The van der Waals surface area contributed by atoms with Gasteiger partial charge in [-0.05, 0) is 0 Å². The Morgan fingerprint density at radius 2 is 2.19 bits per heavy atom. The molecule has 0 fully saturated rings. The number of aromatic nitrogens is 1. The van der Waals surface area contributed by atoms with Crippen molar-refractivity contribution in [2.24, 2.45) is 0 Å². The predicted octanol–water partition coefficient (Wildman–Crippen LogP) is 1.47. The number of rotatable bonds is 3. The normalized spacial score (nSPS) is 12.9. The first-order valence-corrected chi connectivity index (χ1v) is 7.05. The fourth-order valence-electron chi connectivity index (χ4n) is 1.63. The van der Waals surface area contributed by atoms with Crippen molar-refractivity contribution in [1.29, 1.82) is 0 Å². The fraction of sp³-hybridized carbons (Fsp3) is 0.273. The molecule has 1 aromatic carbocycles. The minimum absolute atomic E-state index is 0.0372. The Balaban J connectivity index is 2.65. The summed E-state index contributed by atoms with van der Waals surface area (Å²) in [6, 6.07) is 7.14. The van der Waals surface area contributed by atoms with E-state index in [2.05, 4.69) is 12.6 Å². The van der Waals surface area contributed by atoms with Gasteiger partial charge in [-0.15, -0.1) is 0 Å². The molecule has 1 unspecified atom stereocenters. The Morgan fingerprint density at radius 1 is 1.50 bits per heavy atom. The van der Waals surface area contributed by atoms with Gasteiger partial charge in [-0.2, -0.15) is 0 Å². The van der Waals surface area contributed by atoms with E-state index in [4.69, 9.17) is 0 Å². The van der Waals surface area contributed by atoms with Crippen LogP contribution in [0.2, 0.25) is 0 Å². The van der Waals surface area contributed by atoms with Crippen LogP contribution in [0.15, 0.2) is 29.1 Å². The summed E-state index contributed by atoms with van der Waals surface area (Å²) in [4.78, 5) is 23.4. The number of carbonyl (C=O) groups excluding carboxylic acids is 1. The summed E-state index contributed by atoms with van der Waals surface area (Å²) in [5.41, 5.74) is -0.0372. The van der Waals surface area contributed by atoms with Gasteiger partial charge in [0.15, 0.2) is 0 Å². The van der Waals surface area contributed by atoms with Crippen LogP contribution in [0.1, 0.15) is 19.4 Å². The van der Waals surface area contributed by atoms with Gasteiger partial charge in [0, 0.05) is 0 Å². The maximum absolute atomic E-state index is 12.1. The molecule has 0 N–H and O–H groups in total. The van der Waals surface area contributed by atoms with Gasteiger partial charge in [0.1, 0.15) is 0 Å². The summed E-state index contributed by atoms with van der Waals surface area (Å²) < 4.78 is 2.71. The van der Waals surface area contributed by atoms with Gasteiger partial charge in [-0.25, -0.2) is 0 Å². The summed E-state index contributed by atoms with van der Waals surface area (Å²) in [5, 5.41) is 0.501. The molecule has 2 rings (SSSR count). The van der Waals surface area contributed by atoms with E-state index >= 15 is 0 Å². The van der Waals surface area contributed by atoms with Gasteiger partial charge in [-0.3, -0.25) is 0 Å². The van der Waals surface area contributed by atoms with Crippen LogP contribution in [-0.2, 0) is 4.79 Å².